The number of aromatic hydroxyl groups is 1. The summed E-state index contributed by atoms with van der Waals surface area (Å²) in [5.41, 5.74) is 1.99. The third-order valence-corrected chi connectivity index (χ3v) is 5.62. The molecule has 0 spiro atoms. The highest BCUT2D eigenvalue weighted by atomic mass is 19.1. The van der Waals surface area contributed by atoms with Crippen molar-refractivity contribution in [2.45, 2.75) is 33.2 Å². The van der Waals surface area contributed by atoms with Crippen LogP contribution in [-0.4, -0.2) is 49.0 Å². The zero-order valence-electron chi connectivity index (χ0n) is 20.0. The Morgan fingerprint density at radius 2 is 2.03 bits per heavy atom. The molecule has 4 aromatic rings. The van der Waals surface area contributed by atoms with Crippen molar-refractivity contribution in [3.8, 4) is 28.6 Å². The highest BCUT2D eigenvalue weighted by Gasteiger charge is 2.25. The van der Waals surface area contributed by atoms with Crippen LogP contribution in [-0.2, 0) is 6.54 Å². The maximum absolute atomic E-state index is 15.1. The van der Waals surface area contributed by atoms with Gasteiger partial charge in [-0.2, -0.15) is 0 Å². The molecule has 1 amide bonds. The van der Waals surface area contributed by atoms with Crippen LogP contribution in [0.4, 0.5) is 4.39 Å². The first kappa shape index (κ1) is 23.9. The molecule has 0 fully saturated rings. The summed E-state index contributed by atoms with van der Waals surface area (Å²) in [7, 11) is 1.53. The van der Waals surface area contributed by atoms with Crippen LogP contribution in [0.1, 0.15) is 48.4 Å². The van der Waals surface area contributed by atoms with Gasteiger partial charge in [0.1, 0.15) is 17.3 Å². The number of imidazole rings is 1. The Kier molecular flexibility index (Phi) is 6.81. The van der Waals surface area contributed by atoms with E-state index in [2.05, 4.69) is 20.5 Å². The molecule has 0 aliphatic carbocycles. The summed E-state index contributed by atoms with van der Waals surface area (Å²) in [6.45, 7) is 6.47. The van der Waals surface area contributed by atoms with Crippen LogP contribution < -0.4 is 10.1 Å². The summed E-state index contributed by atoms with van der Waals surface area (Å²) in [6, 6.07) is 7.92. The van der Waals surface area contributed by atoms with Gasteiger partial charge in [-0.15, -0.1) is 10.2 Å². The second-order valence-electron chi connectivity index (χ2n) is 8.32. The Bertz CT molecular complexity index is 1350. The second-order valence-corrected chi connectivity index (χ2v) is 8.32. The van der Waals surface area contributed by atoms with Crippen molar-refractivity contribution >= 4 is 5.91 Å². The van der Waals surface area contributed by atoms with Crippen molar-refractivity contribution in [1.29, 1.82) is 0 Å². The summed E-state index contributed by atoms with van der Waals surface area (Å²) in [4.78, 5) is 16.8. The van der Waals surface area contributed by atoms with E-state index in [0.29, 0.717) is 35.7 Å². The molecule has 2 N–H and O–H groups in total. The van der Waals surface area contributed by atoms with Crippen LogP contribution in [0.3, 0.4) is 0 Å². The van der Waals surface area contributed by atoms with Gasteiger partial charge < -0.3 is 19.7 Å². The zero-order chi connectivity index (χ0) is 25.1. The molecule has 4 rings (SSSR count). The lowest BCUT2D eigenvalue weighted by Crippen LogP contribution is -2.26. The molecule has 0 unspecified atom stereocenters. The Balaban J connectivity index is 1.87. The minimum atomic E-state index is -0.466. The number of rotatable bonds is 8. The van der Waals surface area contributed by atoms with E-state index in [1.165, 1.54) is 23.8 Å². The van der Waals surface area contributed by atoms with Gasteiger partial charge in [-0.1, -0.05) is 19.9 Å². The lowest BCUT2D eigenvalue weighted by Gasteiger charge is -2.16. The van der Waals surface area contributed by atoms with E-state index in [4.69, 9.17) is 4.74 Å². The second kappa shape index (κ2) is 9.96. The smallest absolute Gasteiger partial charge is 0.289 e. The number of phenols is 1. The van der Waals surface area contributed by atoms with E-state index in [9.17, 15) is 9.90 Å². The van der Waals surface area contributed by atoms with E-state index in [1.807, 2.05) is 13.8 Å². The Morgan fingerprint density at radius 1 is 1.23 bits per heavy atom. The SMILES string of the molecule is CCNC(=O)c1nnc(-c2cc(C(C)C)c(OC)cc2O)n1-c1ccc(Cn2ccnc2)c(F)c1. The van der Waals surface area contributed by atoms with Crippen molar-refractivity contribution < 1.29 is 19.0 Å². The number of benzene rings is 2. The number of hydrogen-bond acceptors (Lipinski definition) is 6. The molecule has 0 atom stereocenters. The maximum Gasteiger partial charge on any atom is 0.289 e. The molecule has 2 aromatic heterocycles. The van der Waals surface area contributed by atoms with Crippen LogP contribution in [0.15, 0.2) is 49.1 Å². The van der Waals surface area contributed by atoms with Crippen LogP contribution >= 0.6 is 0 Å². The van der Waals surface area contributed by atoms with Gasteiger partial charge >= 0.3 is 0 Å². The van der Waals surface area contributed by atoms with E-state index in [1.54, 1.807) is 48.4 Å². The third-order valence-electron chi connectivity index (χ3n) is 5.62. The summed E-state index contributed by atoms with van der Waals surface area (Å²) in [5, 5.41) is 21.8. The summed E-state index contributed by atoms with van der Waals surface area (Å²) < 4.78 is 23.8. The predicted octanol–water partition coefficient (Wildman–Crippen LogP) is 3.91. The molecule has 0 bridgehead atoms. The Labute approximate surface area is 202 Å². The maximum atomic E-state index is 15.1. The highest BCUT2D eigenvalue weighted by molar-refractivity contribution is 5.92. The number of aromatic nitrogens is 5. The first-order valence-corrected chi connectivity index (χ1v) is 11.2. The van der Waals surface area contributed by atoms with E-state index < -0.39 is 11.7 Å². The van der Waals surface area contributed by atoms with Crippen LogP contribution in [0.2, 0.25) is 0 Å². The number of methoxy groups -OCH3 is 1. The minimum absolute atomic E-state index is 0.0232. The van der Waals surface area contributed by atoms with Crippen molar-refractivity contribution in [3.63, 3.8) is 0 Å². The van der Waals surface area contributed by atoms with Crippen molar-refractivity contribution in [3.05, 3.63) is 71.8 Å². The summed E-state index contributed by atoms with van der Waals surface area (Å²) in [6.07, 6.45) is 4.98. The molecule has 182 valence electrons. The van der Waals surface area contributed by atoms with Gasteiger partial charge in [-0.25, -0.2) is 9.37 Å². The van der Waals surface area contributed by atoms with Gasteiger partial charge in [0.15, 0.2) is 5.82 Å². The zero-order valence-corrected chi connectivity index (χ0v) is 20.0. The van der Waals surface area contributed by atoms with Crippen molar-refractivity contribution in [2.75, 3.05) is 13.7 Å². The minimum Gasteiger partial charge on any atom is -0.507 e. The average Bonchev–Trinajstić information content (AvgIpc) is 3.50. The molecule has 0 saturated heterocycles. The molecular weight excluding hydrogens is 451 g/mol. The molecule has 0 saturated carbocycles. The van der Waals surface area contributed by atoms with Crippen LogP contribution in [0.5, 0.6) is 11.5 Å². The predicted molar refractivity (Wildman–Crippen MR) is 128 cm³/mol. The fourth-order valence-electron chi connectivity index (χ4n) is 3.86. The number of carbonyl (C=O) groups is 1. The number of nitrogens with one attached hydrogen (secondary N) is 1. The molecule has 2 heterocycles. The number of halogens is 1. The first-order chi connectivity index (χ1) is 16.8. The van der Waals surface area contributed by atoms with Gasteiger partial charge in [0.2, 0.25) is 5.82 Å². The quantitative estimate of drug-likeness (QED) is 0.398. The molecule has 0 aliphatic rings. The van der Waals surface area contributed by atoms with Crippen molar-refractivity contribution in [1.82, 2.24) is 29.6 Å². The fourth-order valence-corrected chi connectivity index (χ4v) is 3.86. The monoisotopic (exact) mass is 478 g/mol. The van der Waals surface area contributed by atoms with Gasteiger partial charge in [0, 0.05) is 30.6 Å². The van der Waals surface area contributed by atoms with Crippen LogP contribution in [0, 0.1) is 5.82 Å². The normalized spacial score (nSPS) is 11.1. The average molecular weight is 479 g/mol. The third kappa shape index (κ3) is 4.72. The molecule has 9 nitrogen and oxygen atoms in total. The summed E-state index contributed by atoms with van der Waals surface area (Å²) >= 11 is 0. The molecule has 0 aliphatic heterocycles. The largest absolute Gasteiger partial charge is 0.507 e. The summed E-state index contributed by atoms with van der Waals surface area (Å²) in [5.74, 6) is -0.222. The Morgan fingerprint density at radius 3 is 2.66 bits per heavy atom. The first-order valence-electron chi connectivity index (χ1n) is 11.2. The van der Waals surface area contributed by atoms with Gasteiger partial charge in [-0.05, 0) is 36.6 Å². The number of hydrogen-bond donors (Lipinski definition) is 2. The van der Waals surface area contributed by atoms with Crippen molar-refractivity contribution in [2.24, 2.45) is 0 Å². The fraction of sp³-hybridized carbons (Fsp3) is 0.280. The standard InChI is InChI=1S/C25H27FN6O3/c1-5-28-25(34)24-30-29-23(19-11-18(15(2)3)22(35-4)12-21(19)33)32(24)17-7-6-16(20(26)10-17)13-31-9-8-27-14-31/h6-12,14-15,33H,5,13H2,1-4H3,(H,28,34). The number of amides is 1. The number of carbonyl (C=O) groups excluding carboxylic acids is 1. The van der Waals surface area contributed by atoms with Gasteiger partial charge in [-0.3, -0.25) is 9.36 Å². The van der Waals surface area contributed by atoms with Crippen LogP contribution in [0.25, 0.3) is 17.1 Å². The number of nitrogens with zero attached hydrogens (tertiary/aromatic N) is 5. The van der Waals surface area contributed by atoms with E-state index in [-0.39, 0.29) is 23.3 Å². The molecule has 35 heavy (non-hydrogen) atoms. The number of ether oxygens (including phenoxy) is 1. The molecule has 10 heteroatoms. The van der Waals surface area contributed by atoms with E-state index in [0.717, 1.165) is 5.56 Å². The van der Waals surface area contributed by atoms with E-state index >= 15 is 4.39 Å². The highest BCUT2D eigenvalue weighted by Crippen LogP contribution is 2.38. The lowest BCUT2D eigenvalue weighted by atomic mass is 9.98. The topological polar surface area (TPSA) is 107 Å². The Hall–Kier alpha value is -4.21. The van der Waals surface area contributed by atoms with Gasteiger partial charge in [0.05, 0.1) is 31.2 Å². The molecule has 0 radical (unpaired) electrons. The lowest BCUT2D eigenvalue weighted by molar-refractivity contribution is 0.0943. The molecular formula is C25H27FN6O3. The number of phenolic OH excluding ortho intramolecular Hbond substituents is 1. The molecule has 2 aromatic carbocycles. The van der Waals surface area contributed by atoms with Gasteiger partial charge in [0.25, 0.3) is 5.91 Å².